The van der Waals surface area contributed by atoms with Gasteiger partial charge in [-0.1, -0.05) is 31.3 Å². The zero-order valence-corrected chi connectivity index (χ0v) is 19.4. The molecule has 1 fully saturated rings. The van der Waals surface area contributed by atoms with E-state index < -0.39 is 17.1 Å². The van der Waals surface area contributed by atoms with Crippen molar-refractivity contribution in [3.05, 3.63) is 30.3 Å². The molecule has 2 rings (SSSR count). The zero-order chi connectivity index (χ0) is 19.0. The summed E-state index contributed by atoms with van der Waals surface area (Å²) in [6, 6.07) is 11.3. The van der Waals surface area contributed by atoms with Crippen molar-refractivity contribution in [2.75, 3.05) is 33.4 Å². The van der Waals surface area contributed by atoms with Gasteiger partial charge in [-0.3, -0.25) is 0 Å². The lowest BCUT2D eigenvalue weighted by Crippen LogP contribution is -2.53. The molecule has 4 nitrogen and oxygen atoms in total. The first kappa shape index (κ1) is 21.6. The summed E-state index contributed by atoms with van der Waals surface area (Å²) in [5, 5.41) is 0. The lowest BCUT2D eigenvalue weighted by atomic mass is 10.2. The monoisotopic (exact) mass is 395 g/mol. The molecule has 26 heavy (non-hydrogen) atoms. The van der Waals surface area contributed by atoms with Crippen LogP contribution in [0, 0.1) is 0 Å². The second-order valence-corrected chi connectivity index (χ2v) is 15.8. The van der Waals surface area contributed by atoms with Crippen molar-refractivity contribution in [3.63, 3.8) is 0 Å². The molecule has 0 saturated carbocycles. The summed E-state index contributed by atoms with van der Waals surface area (Å²) < 4.78 is 18.1. The molecule has 1 saturated heterocycles. The minimum Gasteiger partial charge on any atom is -0.491 e. The number of rotatable bonds is 8. The topological polar surface area (TPSA) is 30.9 Å². The molecule has 0 aliphatic carbocycles. The molecule has 1 heterocycles. The van der Waals surface area contributed by atoms with E-state index in [9.17, 15) is 0 Å². The van der Waals surface area contributed by atoms with Crippen LogP contribution in [0.2, 0.25) is 32.2 Å². The zero-order valence-electron chi connectivity index (χ0n) is 17.2. The van der Waals surface area contributed by atoms with E-state index in [0.717, 1.165) is 25.3 Å². The molecule has 2 unspecified atom stereocenters. The van der Waals surface area contributed by atoms with Crippen molar-refractivity contribution < 1.29 is 13.9 Å². The van der Waals surface area contributed by atoms with Gasteiger partial charge in [0.25, 0.3) is 0 Å². The summed E-state index contributed by atoms with van der Waals surface area (Å²) >= 11 is 0. The Hall–Kier alpha value is -0.666. The molecule has 0 radical (unpaired) electrons. The molecule has 2 atom stereocenters. The predicted molar refractivity (Wildman–Crippen MR) is 114 cm³/mol. The maximum absolute atomic E-state index is 6.62. The van der Waals surface area contributed by atoms with Crippen LogP contribution in [0.15, 0.2) is 30.3 Å². The second-order valence-electron chi connectivity index (χ2n) is 8.31. The quantitative estimate of drug-likeness (QED) is 0.627. The van der Waals surface area contributed by atoms with Crippen molar-refractivity contribution in [2.45, 2.75) is 56.8 Å². The van der Waals surface area contributed by atoms with Crippen LogP contribution in [-0.4, -0.2) is 67.2 Å². The SMILES string of the molecule is COCCC(N1CCC[Si](C)(C)OC(COc2ccccc2)C1)[SiH](C)C. The third-order valence-electron chi connectivity index (χ3n) is 5.18. The summed E-state index contributed by atoms with van der Waals surface area (Å²) in [6.45, 7) is 13.2. The highest BCUT2D eigenvalue weighted by Gasteiger charge is 2.33. The van der Waals surface area contributed by atoms with Crippen LogP contribution in [-0.2, 0) is 9.16 Å². The summed E-state index contributed by atoms with van der Waals surface area (Å²) in [5.74, 6) is 0.929. The smallest absolute Gasteiger partial charge is 0.187 e. The molecule has 1 aromatic carbocycles. The van der Waals surface area contributed by atoms with Gasteiger partial charge in [0.2, 0.25) is 0 Å². The number of hydrogen-bond acceptors (Lipinski definition) is 4. The largest absolute Gasteiger partial charge is 0.491 e. The van der Waals surface area contributed by atoms with Crippen molar-refractivity contribution in [1.29, 1.82) is 0 Å². The molecule has 0 amide bonds. The average molecular weight is 396 g/mol. The Morgan fingerprint density at radius 2 is 2.00 bits per heavy atom. The molecular formula is C20H37NO3Si2. The number of hydrogen-bond donors (Lipinski definition) is 0. The van der Waals surface area contributed by atoms with Crippen LogP contribution in [0.4, 0.5) is 0 Å². The van der Waals surface area contributed by atoms with Crippen LogP contribution >= 0.6 is 0 Å². The Morgan fingerprint density at radius 1 is 1.27 bits per heavy atom. The molecule has 0 aromatic heterocycles. The first-order chi connectivity index (χ1) is 12.4. The lowest BCUT2D eigenvalue weighted by Gasteiger charge is -2.41. The third-order valence-corrected chi connectivity index (χ3v) is 10.0. The first-order valence-electron chi connectivity index (χ1n) is 10.00. The Bertz CT molecular complexity index is 513. The molecule has 0 spiro atoms. The summed E-state index contributed by atoms with van der Waals surface area (Å²) in [6.07, 6.45) is 2.53. The number of para-hydroxylation sites is 1. The van der Waals surface area contributed by atoms with E-state index >= 15 is 0 Å². The minimum absolute atomic E-state index is 0.148. The van der Waals surface area contributed by atoms with E-state index in [4.69, 9.17) is 13.9 Å². The van der Waals surface area contributed by atoms with Crippen molar-refractivity contribution in [2.24, 2.45) is 0 Å². The van der Waals surface area contributed by atoms with Crippen LogP contribution in [0.5, 0.6) is 5.75 Å². The normalized spacial score (nSPS) is 22.6. The van der Waals surface area contributed by atoms with Crippen LogP contribution in [0.25, 0.3) is 0 Å². The van der Waals surface area contributed by atoms with Gasteiger partial charge >= 0.3 is 0 Å². The van der Waals surface area contributed by atoms with E-state index in [0.29, 0.717) is 12.3 Å². The maximum atomic E-state index is 6.62. The fourth-order valence-electron chi connectivity index (χ4n) is 3.88. The van der Waals surface area contributed by atoms with E-state index in [1.807, 2.05) is 30.3 Å². The van der Waals surface area contributed by atoms with Crippen molar-refractivity contribution >= 4 is 17.1 Å². The number of ether oxygens (including phenoxy) is 2. The number of benzene rings is 1. The predicted octanol–water partition coefficient (Wildman–Crippen LogP) is 3.79. The summed E-state index contributed by atoms with van der Waals surface area (Å²) in [5.41, 5.74) is 0.667. The molecule has 0 N–H and O–H groups in total. The van der Waals surface area contributed by atoms with Gasteiger partial charge in [-0.05, 0) is 50.7 Å². The molecule has 6 heteroatoms. The molecule has 1 aliphatic rings. The third kappa shape index (κ3) is 7.15. The van der Waals surface area contributed by atoms with E-state index in [1.165, 1.54) is 19.0 Å². The number of methoxy groups -OCH3 is 1. The summed E-state index contributed by atoms with van der Waals surface area (Å²) in [4.78, 5) is 2.68. The fourth-order valence-corrected chi connectivity index (χ4v) is 7.97. The van der Waals surface area contributed by atoms with Crippen molar-refractivity contribution in [1.82, 2.24) is 4.90 Å². The van der Waals surface area contributed by atoms with Gasteiger partial charge in [-0.25, -0.2) is 0 Å². The number of nitrogens with zero attached hydrogens (tertiary/aromatic N) is 1. The van der Waals surface area contributed by atoms with Gasteiger partial charge in [0, 0.05) is 25.9 Å². The van der Waals surface area contributed by atoms with Crippen LogP contribution in [0.1, 0.15) is 12.8 Å². The average Bonchev–Trinajstić information content (AvgIpc) is 2.58. The highest BCUT2D eigenvalue weighted by Crippen LogP contribution is 2.23. The van der Waals surface area contributed by atoms with Gasteiger partial charge in [0.1, 0.15) is 12.4 Å². The van der Waals surface area contributed by atoms with E-state index in [1.54, 1.807) is 7.11 Å². The highest BCUT2D eigenvalue weighted by atomic mass is 28.4. The Kier molecular flexibility index (Phi) is 8.83. The van der Waals surface area contributed by atoms with Gasteiger partial charge in [-0.2, -0.15) is 0 Å². The fraction of sp³-hybridized carbons (Fsp3) is 0.700. The van der Waals surface area contributed by atoms with Gasteiger partial charge in [-0.15, -0.1) is 0 Å². The van der Waals surface area contributed by atoms with E-state index in [-0.39, 0.29) is 6.10 Å². The molecular weight excluding hydrogens is 358 g/mol. The summed E-state index contributed by atoms with van der Waals surface area (Å²) in [7, 11) is -0.610. The van der Waals surface area contributed by atoms with Gasteiger partial charge < -0.3 is 18.8 Å². The maximum Gasteiger partial charge on any atom is 0.187 e. The highest BCUT2D eigenvalue weighted by molar-refractivity contribution is 6.71. The Balaban J connectivity index is 2.05. The molecule has 1 aromatic rings. The Labute approximate surface area is 162 Å². The van der Waals surface area contributed by atoms with E-state index in [2.05, 4.69) is 31.1 Å². The Morgan fingerprint density at radius 3 is 2.65 bits per heavy atom. The molecule has 148 valence electrons. The van der Waals surface area contributed by atoms with Gasteiger partial charge in [0.15, 0.2) is 8.32 Å². The van der Waals surface area contributed by atoms with Crippen LogP contribution in [0.3, 0.4) is 0 Å². The van der Waals surface area contributed by atoms with Gasteiger partial charge in [0.05, 0.1) is 14.9 Å². The molecule has 0 bridgehead atoms. The first-order valence-corrected chi connectivity index (χ1v) is 16.1. The standard InChI is InChI=1S/C20H37NO3Si2/c1-22-14-12-20(25(2)3)21-13-9-15-26(4,5)24-19(16-21)17-23-18-10-7-6-8-11-18/h6-8,10-11,19-20,25H,9,12-17H2,1-5H3. The molecule has 1 aliphatic heterocycles. The second kappa shape index (κ2) is 10.6. The minimum atomic E-state index is -1.61. The van der Waals surface area contributed by atoms with Crippen LogP contribution < -0.4 is 4.74 Å². The lowest BCUT2D eigenvalue weighted by molar-refractivity contribution is 0.0602. The van der Waals surface area contributed by atoms with Crippen molar-refractivity contribution in [3.8, 4) is 5.75 Å².